The molecule has 1 aliphatic heterocycles. The Morgan fingerprint density at radius 2 is 2.25 bits per heavy atom. The number of rotatable bonds is 2. The molecule has 1 atom stereocenters. The monoisotopic (exact) mass is 318 g/mol. The number of aryl methyl sites for hydroxylation is 2. The third-order valence-electron chi connectivity index (χ3n) is 3.27. The minimum atomic E-state index is 0. The summed E-state index contributed by atoms with van der Waals surface area (Å²) in [4.78, 5) is 13.9. The summed E-state index contributed by atoms with van der Waals surface area (Å²) in [6.45, 7) is 6.28. The van der Waals surface area contributed by atoms with Crippen LogP contribution < -0.4 is 5.32 Å². The first-order valence-electron chi connectivity index (χ1n) is 6.38. The molecule has 0 aliphatic carbocycles. The van der Waals surface area contributed by atoms with Gasteiger partial charge in [-0.1, -0.05) is 11.6 Å². The highest BCUT2D eigenvalue weighted by Gasteiger charge is 2.18. The molecule has 7 heteroatoms. The Hall–Kier alpha value is -1.04. The summed E-state index contributed by atoms with van der Waals surface area (Å²) < 4.78 is 1.61. The third kappa shape index (κ3) is 3.75. The van der Waals surface area contributed by atoms with Crippen molar-refractivity contribution in [3.63, 3.8) is 0 Å². The van der Waals surface area contributed by atoms with E-state index in [1.165, 1.54) is 0 Å². The molecule has 1 aromatic heterocycles. The molecule has 1 amide bonds. The van der Waals surface area contributed by atoms with Crippen LogP contribution >= 0.6 is 24.0 Å². The lowest BCUT2D eigenvalue weighted by Crippen LogP contribution is -2.50. The van der Waals surface area contributed by atoms with Gasteiger partial charge in [0, 0.05) is 44.4 Å². The quantitative estimate of drug-likeness (QED) is 0.843. The Kier molecular flexibility index (Phi) is 6.05. The van der Waals surface area contributed by atoms with Crippen LogP contribution in [0.15, 0.2) is 6.08 Å². The molecule has 1 aliphatic rings. The van der Waals surface area contributed by atoms with Crippen molar-refractivity contribution in [1.29, 1.82) is 0 Å². The third-order valence-corrected chi connectivity index (χ3v) is 3.72. The second-order valence-electron chi connectivity index (χ2n) is 4.89. The fourth-order valence-electron chi connectivity index (χ4n) is 2.23. The number of aromatic nitrogens is 2. The highest BCUT2D eigenvalue weighted by molar-refractivity contribution is 6.31. The predicted molar refractivity (Wildman–Crippen MR) is 83.3 cm³/mol. The van der Waals surface area contributed by atoms with Crippen molar-refractivity contribution in [1.82, 2.24) is 20.0 Å². The van der Waals surface area contributed by atoms with Gasteiger partial charge in [0.05, 0.1) is 5.69 Å². The Bertz CT molecular complexity index is 513. The molecule has 2 heterocycles. The van der Waals surface area contributed by atoms with E-state index in [0.717, 1.165) is 30.9 Å². The first kappa shape index (κ1) is 17.0. The number of carbonyl (C=O) groups is 1. The molecular weight excluding hydrogens is 299 g/mol. The molecule has 0 saturated carbocycles. The van der Waals surface area contributed by atoms with Crippen LogP contribution in [-0.2, 0) is 11.8 Å². The first-order valence-corrected chi connectivity index (χ1v) is 6.76. The number of piperazine rings is 1. The van der Waals surface area contributed by atoms with Crippen molar-refractivity contribution in [3.8, 4) is 0 Å². The molecule has 0 aromatic carbocycles. The van der Waals surface area contributed by atoms with Crippen LogP contribution in [0.1, 0.15) is 18.2 Å². The maximum atomic E-state index is 12.1. The molecule has 20 heavy (non-hydrogen) atoms. The van der Waals surface area contributed by atoms with Crippen LogP contribution in [0, 0.1) is 6.92 Å². The zero-order valence-corrected chi connectivity index (χ0v) is 13.5. The molecule has 1 fully saturated rings. The molecule has 2 rings (SSSR count). The summed E-state index contributed by atoms with van der Waals surface area (Å²) in [6.07, 6.45) is 3.33. The Morgan fingerprint density at radius 3 is 2.80 bits per heavy atom. The summed E-state index contributed by atoms with van der Waals surface area (Å²) in [5, 5.41) is 8.07. The lowest BCUT2D eigenvalue weighted by molar-refractivity contribution is -0.127. The summed E-state index contributed by atoms with van der Waals surface area (Å²) in [7, 11) is 1.78. The van der Waals surface area contributed by atoms with Crippen molar-refractivity contribution < 1.29 is 4.79 Å². The van der Waals surface area contributed by atoms with E-state index < -0.39 is 0 Å². The molecule has 5 nitrogen and oxygen atoms in total. The Labute approximate surface area is 130 Å². The van der Waals surface area contributed by atoms with Crippen LogP contribution in [0.3, 0.4) is 0 Å². The number of carbonyl (C=O) groups excluding carboxylic acids is 1. The highest BCUT2D eigenvalue weighted by Crippen LogP contribution is 2.20. The largest absolute Gasteiger partial charge is 0.336 e. The number of hydrogen-bond donors (Lipinski definition) is 1. The number of hydrogen-bond acceptors (Lipinski definition) is 3. The Balaban J connectivity index is 0.00000200. The van der Waals surface area contributed by atoms with Crippen LogP contribution in [0.2, 0.25) is 5.15 Å². The van der Waals surface area contributed by atoms with Crippen LogP contribution in [-0.4, -0.2) is 46.3 Å². The molecule has 0 spiro atoms. The van der Waals surface area contributed by atoms with E-state index in [9.17, 15) is 4.79 Å². The Morgan fingerprint density at radius 1 is 1.55 bits per heavy atom. The average Bonchev–Trinajstić information content (AvgIpc) is 2.61. The van der Waals surface area contributed by atoms with Gasteiger partial charge in [-0.3, -0.25) is 9.48 Å². The molecule has 0 bridgehead atoms. The SMILES string of the molecule is Cc1nn(C)c(Cl)c1/C=C/C(=O)N1CCNC(C)C1.Cl. The minimum Gasteiger partial charge on any atom is -0.336 e. The van der Waals surface area contributed by atoms with E-state index in [2.05, 4.69) is 17.3 Å². The van der Waals surface area contributed by atoms with Crippen LogP contribution in [0.5, 0.6) is 0 Å². The zero-order valence-electron chi connectivity index (χ0n) is 11.9. The maximum Gasteiger partial charge on any atom is 0.246 e. The fraction of sp³-hybridized carbons (Fsp3) is 0.538. The molecule has 1 unspecified atom stereocenters. The van der Waals surface area contributed by atoms with Crippen LogP contribution in [0.4, 0.5) is 0 Å². The van der Waals surface area contributed by atoms with Gasteiger partial charge in [0.2, 0.25) is 5.91 Å². The lowest BCUT2D eigenvalue weighted by atomic mass is 10.2. The van der Waals surface area contributed by atoms with Gasteiger partial charge in [-0.05, 0) is 19.9 Å². The van der Waals surface area contributed by atoms with Crippen molar-refractivity contribution >= 4 is 36.0 Å². The first-order chi connectivity index (χ1) is 8.99. The smallest absolute Gasteiger partial charge is 0.246 e. The molecule has 112 valence electrons. The number of nitrogens with one attached hydrogen (secondary N) is 1. The van der Waals surface area contributed by atoms with Gasteiger partial charge in [0.1, 0.15) is 5.15 Å². The second kappa shape index (κ2) is 7.11. The van der Waals surface area contributed by atoms with E-state index in [1.807, 2.05) is 11.8 Å². The zero-order chi connectivity index (χ0) is 14.0. The number of nitrogens with zero attached hydrogens (tertiary/aromatic N) is 3. The van der Waals surface area contributed by atoms with Crippen molar-refractivity contribution in [3.05, 3.63) is 22.5 Å². The van der Waals surface area contributed by atoms with Crippen molar-refractivity contribution in [2.24, 2.45) is 7.05 Å². The normalized spacial score (nSPS) is 19.2. The summed E-state index contributed by atoms with van der Waals surface area (Å²) in [6, 6.07) is 0.342. The second-order valence-corrected chi connectivity index (χ2v) is 5.24. The van der Waals surface area contributed by atoms with Crippen LogP contribution in [0.25, 0.3) is 6.08 Å². The summed E-state index contributed by atoms with van der Waals surface area (Å²) in [5.41, 5.74) is 1.63. The van der Waals surface area contributed by atoms with Gasteiger partial charge in [0.15, 0.2) is 0 Å². The lowest BCUT2D eigenvalue weighted by Gasteiger charge is -2.31. The predicted octanol–water partition coefficient (Wildman–Crippen LogP) is 1.64. The number of halogens is 2. The van der Waals surface area contributed by atoms with Gasteiger partial charge in [-0.2, -0.15) is 5.10 Å². The molecule has 1 saturated heterocycles. The van der Waals surface area contributed by atoms with E-state index in [1.54, 1.807) is 23.9 Å². The number of amides is 1. The average molecular weight is 319 g/mol. The standard InChI is InChI=1S/C13H19ClN4O.ClH/c1-9-8-18(7-6-15-9)12(19)5-4-11-10(2)16-17(3)13(11)14;/h4-5,9,15H,6-8H2,1-3H3;1H/b5-4+;. The van der Waals surface area contributed by atoms with E-state index in [4.69, 9.17) is 11.6 Å². The van der Waals surface area contributed by atoms with E-state index in [0.29, 0.717) is 11.2 Å². The van der Waals surface area contributed by atoms with Gasteiger partial charge in [-0.25, -0.2) is 0 Å². The summed E-state index contributed by atoms with van der Waals surface area (Å²) in [5.74, 6) is 0.0210. The topological polar surface area (TPSA) is 50.2 Å². The van der Waals surface area contributed by atoms with Gasteiger partial charge in [-0.15, -0.1) is 12.4 Å². The van der Waals surface area contributed by atoms with Gasteiger partial charge in [0.25, 0.3) is 0 Å². The minimum absolute atomic E-state index is 0. The summed E-state index contributed by atoms with van der Waals surface area (Å²) >= 11 is 6.12. The van der Waals surface area contributed by atoms with E-state index in [-0.39, 0.29) is 18.3 Å². The molecule has 1 N–H and O–H groups in total. The molecule has 0 radical (unpaired) electrons. The van der Waals surface area contributed by atoms with Crippen molar-refractivity contribution in [2.75, 3.05) is 19.6 Å². The maximum absolute atomic E-state index is 12.1. The van der Waals surface area contributed by atoms with Gasteiger partial charge >= 0.3 is 0 Å². The highest BCUT2D eigenvalue weighted by atomic mass is 35.5. The fourth-order valence-corrected chi connectivity index (χ4v) is 2.47. The molecule has 1 aromatic rings. The van der Waals surface area contributed by atoms with Crippen molar-refractivity contribution in [2.45, 2.75) is 19.9 Å². The van der Waals surface area contributed by atoms with Gasteiger partial charge < -0.3 is 10.2 Å². The van der Waals surface area contributed by atoms with E-state index >= 15 is 0 Å². The molecular formula is C13H20Cl2N4O.